The lowest BCUT2D eigenvalue weighted by Crippen LogP contribution is -2.51. The number of alkyl carbamates (subject to hydrolysis) is 1. The molecule has 0 aromatic heterocycles. The van der Waals surface area contributed by atoms with Crippen molar-refractivity contribution in [2.75, 3.05) is 39.5 Å². The second kappa shape index (κ2) is 13.0. The van der Waals surface area contributed by atoms with Gasteiger partial charge < -0.3 is 39.2 Å². The molecule has 0 unspecified atom stereocenters. The summed E-state index contributed by atoms with van der Waals surface area (Å²) < 4.78 is 56.7. The Balaban J connectivity index is 1.34. The van der Waals surface area contributed by atoms with Gasteiger partial charge in [0.25, 0.3) is 0 Å². The number of benzene rings is 2. The molecule has 2 aromatic carbocycles. The molecule has 0 spiro atoms. The molecule has 42 heavy (non-hydrogen) atoms. The molecule has 230 valence electrons. The Morgan fingerprint density at radius 2 is 1.79 bits per heavy atom. The minimum absolute atomic E-state index is 0.0108. The van der Waals surface area contributed by atoms with Crippen molar-refractivity contribution in [3.8, 4) is 17.2 Å². The number of aromatic hydroxyl groups is 1. The number of fused-ring (bicyclic) bond motifs is 2. The standard InChI is InChI=1S/C29H38N2O10S/c1-18(2)15-31(42(35,36)21-7-8-25-26(14-21)38-12-11-37-25)16-24(33)23(13-19-3-5-20(32)6-4-19)30-29(34)41-27-17-40-28-22(27)9-10-39-28/h3-8,14,18,22-24,27-28,32-33H,9-13,15-17H2,1-2H3,(H,30,34)/t22-,23-,24+,27-,28+/m0/s1. The number of aliphatic hydroxyl groups is 1. The lowest BCUT2D eigenvalue weighted by molar-refractivity contribution is -0.0907. The molecule has 1 amide bonds. The van der Waals surface area contributed by atoms with Gasteiger partial charge in [-0.05, 0) is 48.6 Å². The number of phenols is 1. The van der Waals surface area contributed by atoms with E-state index in [0.29, 0.717) is 37.7 Å². The second-order valence-electron chi connectivity index (χ2n) is 11.2. The molecule has 13 heteroatoms. The zero-order valence-corrected chi connectivity index (χ0v) is 24.5. The summed E-state index contributed by atoms with van der Waals surface area (Å²) in [5.74, 6) is 0.769. The van der Waals surface area contributed by atoms with Gasteiger partial charge in [-0.25, -0.2) is 13.2 Å². The quantitative estimate of drug-likeness (QED) is 0.347. The van der Waals surface area contributed by atoms with Crippen molar-refractivity contribution < 1.29 is 47.1 Å². The van der Waals surface area contributed by atoms with Crippen molar-refractivity contribution in [2.24, 2.45) is 11.8 Å². The average molecular weight is 607 g/mol. The number of ether oxygens (including phenoxy) is 5. The SMILES string of the molecule is CC(C)CN(C[C@@H](O)[C@H](Cc1ccc(O)cc1)NC(=O)O[C@H]1CO[C@H]2OCC[C@H]21)S(=O)(=O)c1ccc2c(c1)OCCO2. The van der Waals surface area contributed by atoms with Crippen LogP contribution in [0.25, 0.3) is 0 Å². The zero-order chi connectivity index (χ0) is 29.9. The number of carbonyl (C=O) groups excluding carboxylic acids is 1. The number of hydrogen-bond acceptors (Lipinski definition) is 10. The van der Waals surface area contributed by atoms with Crippen molar-refractivity contribution in [2.45, 2.75) is 56.1 Å². The fraction of sp³-hybridized carbons (Fsp3) is 0.552. The number of hydrogen-bond donors (Lipinski definition) is 3. The maximum absolute atomic E-state index is 13.8. The highest BCUT2D eigenvalue weighted by Gasteiger charge is 2.44. The Hall–Kier alpha value is -3.10. The maximum Gasteiger partial charge on any atom is 0.407 e. The normalized spacial score (nSPS) is 23.0. The lowest BCUT2D eigenvalue weighted by Gasteiger charge is -2.31. The van der Waals surface area contributed by atoms with Crippen molar-refractivity contribution in [1.82, 2.24) is 9.62 Å². The molecular formula is C29H38N2O10S. The Morgan fingerprint density at radius 1 is 1.05 bits per heavy atom. The van der Waals surface area contributed by atoms with E-state index in [2.05, 4.69) is 5.32 Å². The molecule has 3 heterocycles. The minimum Gasteiger partial charge on any atom is -0.508 e. The Kier molecular flexibility index (Phi) is 9.43. The van der Waals surface area contributed by atoms with E-state index in [1.165, 1.54) is 28.6 Å². The molecule has 3 N–H and O–H groups in total. The van der Waals surface area contributed by atoms with E-state index < -0.39 is 40.7 Å². The molecule has 0 bridgehead atoms. The fourth-order valence-corrected chi connectivity index (χ4v) is 7.02. The van der Waals surface area contributed by atoms with Crippen molar-refractivity contribution in [3.63, 3.8) is 0 Å². The molecule has 0 aliphatic carbocycles. The first-order valence-corrected chi connectivity index (χ1v) is 15.6. The van der Waals surface area contributed by atoms with Crippen LogP contribution in [0, 0.1) is 11.8 Å². The number of phenolic OH excluding ortho intramolecular Hbond substituents is 1. The largest absolute Gasteiger partial charge is 0.508 e. The van der Waals surface area contributed by atoms with E-state index in [1.807, 2.05) is 13.8 Å². The molecule has 5 atom stereocenters. The number of rotatable bonds is 11. The molecule has 2 aromatic rings. The van der Waals surface area contributed by atoms with Gasteiger partial charge in [-0.3, -0.25) is 0 Å². The van der Waals surface area contributed by atoms with Gasteiger partial charge in [0.2, 0.25) is 10.0 Å². The van der Waals surface area contributed by atoms with E-state index in [0.717, 1.165) is 5.56 Å². The number of sulfonamides is 1. The van der Waals surface area contributed by atoms with E-state index in [1.54, 1.807) is 18.2 Å². The summed E-state index contributed by atoms with van der Waals surface area (Å²) in [5.41, 5.74) is 0.718. The summed E-state index contributed by atoms with van der Waals surface area (Å²) in [6.45, 7) is 5.04. The Morgan fingerprint density at radius 3 is 2.52 bits per heavy atom. The molecule has 3 aliphatic rings. The molecule has 0 saturated carbocycles. The second-order valence-corrected chi connectivity index (χ2v) is 13.1. The van der Waals surface area contributed by atoms with Gasteiger partial charge in [0, 0.05) is 19.2 Å². The summed E-state index contributed by atoms with van der Waals surface area (Å²) in [4.78, 5) is 13.0. The van der Waals surface area contributed by atoms with Crippen LogP contribution >= 0.6 is 0 Å². The highest BCUT2D eigenvalue weighted by Crippen LogP contribution is 2.34. The summed E-state index contributed by atoms with van der Waals surface area (Å²) >= 11 is 0. The van der Waals surface area contributed by atoms with Gasteiger partial charge in [0.1, 0.15) is 25.1 Å². The first-order valence-electron chi connectivity index (χ1n) is 14.2. The average Bonchev–Trinajstić information content (AvgIpc) is 3.58. The molecule has 0 radical (unpaired) electrons. The Bertz CT molecular complexity index is 1340. The van der Waals surface area contributed by atoms with Crippen LogP contribution in [0.2, 0.25) is 0 Å². The number of carbonyl (C=O) groups is 1. The van der Waals surface area contributed by atoms with Crippen LogP contribution < -0.4 is 14.8 Å². The van der Waals surface area contributed by atoms with Crippen LogP contribution in [0.15, 0.2) is 47.4 Å². The molecule has 3 aliphatic heterocycles. The van der Waals surface area contributed by atoms with E-state index >= 15 is 0 Å². The number of amides is 1. The maximum atomic E-state index is 13.8. The number of aliphatic hydroxyl groups excluding tert-OH is 1. The van der Waals surface area contributed by atoms with E-state index in [-0.39, 0.29) is 48.6 Å². The van der Waals surface area contributed by atoms with Crippen LogP contribution in [-0.2, 0) is 30.7 Å². The minimum atomic E-state index is -4.06. The molecule has 5 rings (SSSR count). The third kappa shape index (κ3) is 7.09. The highest BCUT2D eigenvalue weighted by atomic mass is 32.2. The summed E-state index contributed by atoms with van der Waals surface area (Å²) in [6, 6.07) is 9.88. The molecular weight excluding hydrogens is 568 g/mol. The predicted molar refractivity (Wildman–Crippen MR) is 150 cm³/mol. The van der Waals surface area contributed by atoms with Crippen molar-refractivity contribution >= 4 is 16.1 Å². The van der Waals surface area contributed by atoms with Gasteiger partial charge in [0.15, 0.2) is 17.8 Å². The summed E-state index contributed by atoms with van der Waals surface area (Å²) in [7, 11) is -4.06. The molecule has 12 nitrogen and oxygen atoms in total. The van der Waals surface area contributed by atoms with Crippen LogP contribution in [0.1, 0.15) is 25.8 Å². The van der Waals surface area contributed by atoms with Crippen LogP contribution in [0.4, 0.5) is 4.79 Å². The van der Waals surface area contributed by atoms with Gasteiger partial charge >= 0.3 is 6.09 Å². The monoisotopic (exact) mass is 606 g/mol. The van der Waals surface area contributed by atoms with Gasteiger partial charge in [-0.1, -0.05) is 26.0 Å². The first kappa shape index (κ1) is 30.4. The van der Waals surface area contributed by atoms with Gasteiger partial charge in [0.05, 0.1) is 36.2 Å². The summed E-state index contributed by atoms with van der Waals surface area (Å²) in [5, 5.41) is 23.9. The van der Waals surface area contributed by atoms with Crippen molar-refractivity contribution in [3.05, 3.63) is 48.0 Å². The van der Waals surface area contributed by atoms with Gasteiger partial charge in [-0.2, -0.15) is 4.31 Å². The zero-order valence-electron chi connectivity index (χ0n) is 23.7. The molecule has 2 saturated heterocycles. The third-order valence-corrected chi connectivity index (χ3v) is 9.34. The van der Waals surface area contributed by atoms with Crippen LogP contribution in [0.3, 0.4) is 0 Å². The number of nitrogens with zero attached hydrogens (tertiary/aromatic N) is 1. The van der Waals surface area contributed by atoms with Gasteiger partial charge in [-0.15, -0.1) is 0 Å². The van der Waals surface area contributed by atoms with Crippen molar-refractivity contribution in [1.29, 1.82) is 0 Å². The van der Waals surface area contributed by atoms with E-state index in [9.17, 15) is 23.4 Å². The van der Waals surface area contributed by atoms with E-state index in [4.69, 9.17) is 23.7 Å². The number of nitrogens with one attached hydrogen (secondary N) is 1. The van der Waals surface area contributed by atoms with Crippen LogP contribution in [0.5, 0.6) is 17.2 Å². The fourth-order valence-electron chi connectivity index (χ4n) is 5.39. The smallest absolute Gasteiger partial charge is 0.407 e. The lowest BCUT2D eigenvalue weighted by atomic mass is 10.0. The Labute approximate surface area is 245 Å². The van der Waals surface area contributed by atoms with Crippen LogP contribution in [-0.4, -0.2) is 93.1 Å². The summed E-state index contributed by atoms with van der Waals surface area (Å²) in [6.07, 6.45) is -2.06. The third-order valence-electron chi connectivity index (χ3n) is 7.51. The highest BCUT2D eigenvalue weighted by molar-refractivity contribution is 7.89. The predicted octanol–water partition coefficient (Wildman–Crippen LogP) is 2.27. The topological polar surface area (TPSA) is 153 Å². The molecule has 2 fully saturated rings. The first-order chi connectivity index (χ1) is 20.1.